The van der Waals surface area contributed by atoms with Crippen LogP contribution in [-0.4, -0.2) is 76.1 Å². The Bertz CT molecular complexity index is 209. The lowest BCUT2D eigenvalue weighted by Crippen LogP contribution is -2.56. The van der Waals surface area contributed by atoms with Crippen molar-refractivity contribution in [2.75, 3.05) is 60.6 Å². The lowest BCUT2D eigenvalue weighted by molar-refractivity contribution is -0.894. The zero-order valence-electron chi connectivity index (χ0n) is 9.86. The van der Waals surface area contributed by atoms with Gasteiger partial charge in [-0.15, -0.1) is 0 Å². The smallest absolute Gasteiger partial charge is 0.410 e. The lowest BCUT2D eigenvalue weighted by Gasteiger charge is -2.38. The number of ether oxygens (including phenoxy) is 2. The molecule has 0 aromatic heterocycles. The van der Waals surface area contributed by atoms with Gasteiger partial charge in [0.05, 0.1) is 46.9 Å². The number of hydrogen-bond donors (Lipinski definition) is 0. The standard InChI is InChI=1S/C10H21N2O3/c1-12(2)6-4-11(5-7-12)10(13)15-9-8-14-3/h4-9H2,1-3H3/q+1. The summed E-state index contributed by atoms with van der Waals surface area (Å²) in [5.74, 6) is 0. The second kappa shape index (κ2) is 5.32. The van der Waals surface area contributed by atoms with Crippen LogP contribution in [0, 0.1) is 0 Å². The van der Waals surface area contributed by atoms with E-state index in [2.05, 4.69) is 14.1 Å². The van der Waals surface area contributed by atoms with Crippen LogP contribution in [0.25, 0.3) is 0 Å². The lowest BCUT2D eigenvalue weighted by atomic mass is 10.3. The van der Waals surface area contributed by atoms with E-state index in [1.54, 1.807) is 12.0 Å². The topological polar surface area (TPSA) is 38.8 Å². The van der Waals surface area contributed by atoms with Crippen molar-refractivity contribution in [2.24, 2.45) is 0 Å². The van der Waals surface area contributed by atoms with Gasteiger partial charge in [-0.05, 0) is 0 Å². The van der Waals surface area contributed by atoms with Gasteiger partial charge in [-0.2, -0.15) is 0 Å². The molecule has 1 heterocycles. The molecule has 0 atom stereocenters. The van der Waals surface area contributed by atoms with Crippen molar-refractivity contribution in [1.29, 1.82) is 0 Å². The van der Waals surface area contributed by atoms with Crippen LogP contribution in [0.1, 0.15) is 0 Å². The van der Waals surface area contributed by atoms with Crippen molar-refractivity contribution in [3.63, 3.8) is 0 Å². The second-order valence-electron chi connectivity index (χ2n) is 4.48. The minimum atomic E-state index is -0.216. The number of quaternary nitrogens is 1. The summed E-state index contributed by atoms with van der Waals surface area (Å²) in [5, 5.41) is 0. The first-order valence-corrected chi connectivity index (χ1v) is 5.28. The molecule has 5 nitrogen and oxygen atoms in total. The highest BCUT2D eigenvalue weighted by molar-refractivity contribution is 5.67. The van der Waals surface area contributed by atoms with Crippen molar-refractivity contribution >= 4 is 6.09 Å². The van der Waals surface area contributed by atoms with Crippen LogP contribution in [0.3, 0.4) is 0 Å². The predicted octanol–water partition coefficient (Wildman–Crippen LogP) is 0.161. The Morgan fingerprint density at radius 3 is 2.40 bits per heavy atom. The summed E-state index contributed by atoms with van der Waals surface area (Å²) in [6.45, 7) is 4.32. The van der Waals surface area contributed by atoms with Crippen LogP contribution in [0.2, 0.25) is 0 Å². The Morgan fingerprint density at radius 2 is 1.87 bits per heavy atom. The summed E-state index contributed by atoms with van der Waals surface area (Å²) in [6.07, 6.45) is -0.216. The van der Waals surface area contributed by atoms with Gasteiger partial charge in [0.2, 0.25) is 0 Å². The van der Waals surface area contributed by atoms with Gasteiger partial charge in [0.1, 0.15) is 6.61 Å². The summed E-state index contributed by atoms with van der Waals surface area (Å²) in [4.78, 5) is 13.3. The summed E-state index contributed by atoms with van der Waals surface area (Å²) < 4.78 is 10.8. The highest BCUT2D eigenvalue weighted by Crippen LogP contribution is 2.07. The molecule has 88 valence electrons. The first kappa shape index (κ1) is 12.3. The first-order chi connectivity index (χ1) is 7.05. The molecule has 0 spiro atoms. The Morgan fingerprint density at radius 1 is 1.27 bits per heavy atom. The van der Waals surface area contributed by atoms with Gasteiger partial charge in [0, 0.05) is 7.11 Å². The third-order valence-corrected chi connectivity index (χ3v) is 2.72. The van der Waals surface area contributed by atoms with Gasteiger partial charge in [0.15, 0.2) is 0 Å². The number of piperazine rings is 1. The number of hydrogen-bond acceptors (Lipinski definition) is 3. The minimum Gasteiger partial charge on any atom is -0.447 e. The van der Waals surface area contributed by atoms with Crippen LogP contribution in [0.4, 0.5) is 4.79 Å². The van der Waals surface area contributed by atoms with E-state index in [1.165, 1.54) is 0 Å². The molecule has 5 heteroatoms. The minimum absolute atomic E-state index is 0.216. The first-order valence-electron chi connectivity index (χ1n) is 5.28. The fourth-order valence-electron chi connectivity index (χ4n) is 1.49. The summed E-state index contributed by atoms with van der Waals surface area (Å²) in [7, 11) is 5.94. The van der Waals surface area contributed by atoms with Gasteiger partial charge in [0.25, 0.3) is 0 Å². The molecule has 0 aliphatic carbocycles. The third kappa shape index (κ3) is 4.05. The average molecular weight is 217 g/mol. The summed E-state index contributed by atoms with van der Waals surface area (Å²) >= 11 is 0. The molecule has 0 N–H and O–H groups in total. The number of carbonyl (C=O) groups excluding carboxylic acids is 1. The fourth-order valence-corrected chi connectivity index (χ4v) is 1.49. The van der Waals surface area contributed by atoms with Gasteiger partial charge in [-0.25, -0.2) is 4.79 Å². The molecule has 1 rings (SSSR count). The van der Waals surface area contributed by atoms with Crippen molar-refractivity contribution in [2.45, 2.75) is 0 Å². The normalized spacial score (nSPS) is 20.1. The molecule has 1 saturated heterocycles. The van der Waals surface area contributed by atoms with Crippen molar-refractivity contribution < 1.29 is 18.8 Å². The molecular formula is C10H21N2O3+. The van der Waals surface area contributed by atoms with E-state index in [0.29, 0.717) is 13.2 Å². The molecule has 1 fully saturated rings. The molecular weight excluding hydrogens is 196 g/mol. The van der Waals surface area contributed by atoms with E-state index in [9.17, 15) is 4.79 Å². The maximum absolute atomic E-state index is 11.5. The molecule has 0 bridgehead atoms. The highest BCUT2D eigenvalue weighted by atomic mass is 16.6. The maximum atomic E-state index is 11.5. The average Bonchev–Trinajstić information content (AvgIpc) is 2.18. The molecule has 1 aliphatic rings. The monoisotopic (exact) mass is 217 g/mol. The van der Waals surface area contributed by atoms with E-state index in [0.717, 1.165) is 30.7 Å². The van der Waals surface area contributed by atoms with Crippen LogP contribution >= 0.6 is 0 Å². The van der Waals surface area contributed by atoms with Gasteiger partial charge >= 0.3 is 6.09 Å². The summed E-state index contributed by atoms with van der Waals surface area (Å²) in [6, 6.07) is 0. The molecule has 0 aromatic rings. The number of carbonyl (C=O) groups is 1. The molecule has 0 aromatic carbocycles. The Hall–Kier alpha value is -0.810. The second-order valence-corrected chi connectivity index (χ2v) is 4.48. The van der Waals surface area contributed by atoms with Gasteiger partial charge < -0.3 is 14.0 Å². The predicted molar refractivity (Wildman–Crippen MR) is 56.6 cm³/mol. The number of likely N-dealkylation sites (N-methyl/N-ethyl adjacent to an activating group) is 1. The van der Waals surface area contributed by atoms with Crippen LogP contribution in [-0.2, 0) is 9.47 Å². The Kier molecular flexibility index (Phi) is 4.35. The summed E-state index contributed by atoms with van der Waals surface area (Å²) in [5.41, 5.74) is 0. The van der Waals surface area contributed by atoms with Crippen molar-refractivity contribution in [3.8, 4) is 0 Å². The molecule has 0 saturated carbocycles. The number of methoxy groups -OCH3 is 1. The zero-order chi connectivity index (χ0) is 11.3. The number of amides is 1. The number of rotatable bonds is 3. The van der Waals surface area contributed by atoms with Crippen molar-refractivity contribution in [3.05, 3.63) is 0 Å². The van der Waals surface area contributed by atoms with Gasteiger partial charge in [-0.3, -0.25) is 4.90 Å². The van der Waals surface area contributed by atoms with E-state index < -0.39 is 0 Å². The third-order valence-electron chi connectivity index (χ3n) is 2.72. The SMILES string of the molecule is COCCOC(=O)N1CC[N+](C)(C)CC1. The van der Waals surface area contributed by atoms with Crippen LogP contribution < -0.4 is 0 Å². The van der Waals surface area contributed by atoms with E-state index in [-0.39, 0.29) is 6.09 Å². The van der Waals surface area contributed by atoms with Crippen LogP contribution in [0.5, 0.6) is 0 Å². The fraction of sp³-hybridized carbons (Fsp3) is 0.900. The maximum Gasteiger partial charge on any atom is 0.410 e. The van der Waals surface area contributed by atoms with Gasteiger partial charge in [-0.1, -0.05) is 0 Å². The Balaban J connectivity index is 2.24. The largest absolute Gasteiger partial charge is 0.447 e. The molecule has 0 radical (unpaired) electrons. The zero-order valence-corrected chi connectivity index (χ0v) is 9.86. The highest BCUT2D eigenvalue weighted by Gasteiger charge is 2.27. The molecule has 1 aliphatic heterocycles. The van der Waals surface area contributed by atoms with E-state index >= 15 is 0 Å². The molecule has 0 unspecified atom stereocenters. The van der Waals surface area contributed by atoms with Crippen LogP contribution in [0.15, 0.2) is 0 Å². The van der Waals surface area contributed by atoms with Crippen molar-refractivity contribution in [1.82, 2.24) is 4.90 Å². The molecule has 15 heavy (non-hydrogen) atoms. The van der Waals surface area contributed by atoms with E-state index in [4.69, 9.17) is 9.47 Å². The Labute approximate surface area is 91.1 Å². The molecule has 1 amide bonds. The quantitative estimate of drug-likeness (QED) is 0.499. The van der Waals surface area contributed by atoms with E-state index in [1.807, 2.05) is 0 Å². The number of nitrogens with zero attached hydrogens (tertiary/aromatic N) is 2.